The predicted molar refractivity (Wildman–Crippen MR) is 119 cm³/mol. The third-order valence-electron chi connectivity index (χ3n) is 5.20. The summed E-state index contributed by atoms with van der Waals surface area (Å²) >= 11 is 0. The lowest BCUT2D eigenvalue weighted by Crippen LogP contribution is -2.44. The van der Waals surface area contributed by atoms with Crippen LogP contribution in [0.4, 0.5) is 0 Å². The van der Waals surface area contributed by atoms with E-state index in [0.717, 1.165) is 31.2 Å². The first-order valence-corrected chi connectivity index (χ1v) is 10.4. The molecule has 1 amide bonds. The van der Waals surface area contributed by atoms with Crippen LogP contribution in [0, 0.1) is 0 Å². The molecule has 1 unspecified atom stereocenters. The van der Waals surface area contributed by atoms with Crippen molar-refractivity contribution in [1.82, 2.24) is 15.5 Å². The van der Waals surface area contributed by atoms with Crippen molar-refractivity contribution in [2.45, 2.75) is 32.0 Å². The van der Waals surface area contributed by atoms with Gasteiger partial charge in [0, 0.05) is 32.7 Å². The number of ether oxygens (including phenoxy) is 1. The molecule has 3 rings (SSSR count). The molecule has 1 aliphatic heterocycles. The van der Waals surface area contributed by atoms with Crippen molar-refractivity contribution in [2.75, 3.05) is 26.7 Å². The first-order chi connectivity index (χ1) is 14.6. The normalized spacial score (nSPS) is 17.0. The topological polar surface area (TPSA) is 92.0 Å². The van der Waals surface area contributed by atoms with Gasteiger partial charge in [-0.25, -0.2) is 0 Å². The zero-order valence-electron chi connectivity index (χ0n) is 17.5. The minimum absolute atomic E-state index is 0.124. The summed E-state index contributed by atoms with van der Waals surface area (Å²) in [5, 5.41) is 6.80. The van der Waals surface area contributed by atoms with Gasteiger partial charge < -0.3 is 21.1 Å². The van der Waals surface area contributed by atoms with Gasteiger partial charge in [-0.3, -0.25) is 14.7 Å². The Balaban J connectivity index is 1.46. The maximum atomic E-state index is 10.9. The molecule has 7 heteroatoms. The van der Waals surface area contributed by atoms with E-state index in [0.29, 0.717) is 18.3 Å². The summed E-state index contributed by atoms with van der Waals surface area (Å²) < 4.78 is 5.36. The van der Waals surface area contributed by atoms with E-state index >= 15 is 0 Å². The van der Waals surface area contributed by atoms with E-state index in [1.807, 2.05) is 18.2 Å². The quantitative estimate of drug-likeness (QED) is 0.434. The van der Waals surface area contributed by atoms with Gasteiger partial charge in [-0.05, 0) is 42.6 Å². The average Bonchev–Trinajstić information content (AvgIpc) is 3.20. The van der Waals surface area contributed by atoms with Gasteiger partial charge in [0.2, 0.25) is 0 Å². The van der Waals surface area contributed by atoms with E-state index in [-0.39, 0.29) is 6.61 Å². The third-order valence-corrected chi connectivity index (χ3v) is 5.20. The Morgan fingerprint density at radius 1 is 1.17 bits per heavy atom. The van der Waals surface area contributed by atoms with Crippen molar-refractivity contribution in [3.05, 3.63) is 65.7 Å². The van der Waals surface area contributed by atoms with Crippen molar-refractivity contribution in [2.24, 2.45) is 10.7 Å². The fourth-order valence-corrected chi connectivity index (χ4v) is 3.67. The summed E-state index contributed by atoms with van der Waals surface area (Å²) in [6.07, 6.45) is 2.42. The second kappa shape index (κ2) is 11.2. The highest BCUT2D eigenvalue weighted by atomic mass is 16.5. The van der Waals surface area contributed by atoms with Crippen LogP contribution in [0.1, 0.15) is 24.0 Å². The summed E-state index contributed by atoms with van der Waals surface area (Å²) in [5.74, 6) is 0.903. The monoisotopic (exact) mass is 409 g/mol. The Bertz CT molecular complexity index is 840. The molecule has 1 atom stereocenters. The number of nitrogens with zero attached hydrogens (tertiary/aromatic N) is 2. The van der Waals surface area contributed by atoms with Crippen LogP contribution in [-0.2, 0) is 17.9 Å². The molecule has 1 saturated heterocycles. The summed E-state index contributed by atoms with van der Waals surface area (Å²) in [6, 6.07) is 18.7. The van der Waals surface area contributed by atoms with Crippen LogP contribution in [-0.4, -0.2) is 49.6 Å². The number of rotatable bonds is 9. The molecular formula is C23H31N5O2. The van der Waals surface area contributed by atoms with E-state index in [1.165, 1.54) is 18.4 Å². The fourth-order valence-electron chi connectivity index (χ4n) is 3.67. The number of guanidine groups is 1. The number of carbonyl (C=O) groups is 1. The largest absolute Gasteiger partial charge is 0.484 e. The molecule has 7 nitrogen and oxygen atoms in total. The third kappa shape index (κ3) is 6.77. The zero-order valence-corrected chi connectivity index (χ0v) is 17.5. The molecule has 0 radical (unpaired) electrons. The van der Waals surface area contributed by atoms with Crippen LogP contribution >= 0.6 is 0 Å². The zero-order chi connectivity index (χ0) is 21.2. The van der Waals surface area contributed by atoms with Gasteiger partial charge in [0.15, 0.2) is 12.6 Å². The molecule has 1 fully saturated rings. The molecule has 2 aromatic carbocycles. The molecule has 0 aromatic heterocycles. The number of likely N-dealkylation sites (tertiary alicyclic amines) is 1. The minimum Gasteiger partial charge on any atom is -0.484 e. The summed E-state index contributed by atoms with van der Waals surface area (Å²) in [7, 11) is 1.78. The van der Waals surface area contributed by atoms with Crippen LogP contribution in [0.3, 0.4) is 0 Å². The Morgan fingerprint density at radius 2 is 1.97 bits per heavy atom. The van der Waals surface area contributed by atoms with Crippen molar-refractivity contribution >= 4 is 11.9 Å². The molecule has 1 heterocycles. The highest BCUT2D eigenvalue weighted by molar-refractivity contribution is 5.79. The maximum Gasteiger partial charge on any atom is 0.255 e. The molecule has 0 spiro atoms. The SMILES string of the molecule is CN=C(NCc1cccc(OCC(N)=O)c1)NCC1CCCN1Cc1ccccc1. The molecule has 0 aliphatic carbocycles. The lowest BCUT2D eigenvalue weighted by molar-refractivity contribution is -0.119. The molecule has 1 aliphatic rings. The van der Waals surface area contributed by atoms with E-state index in [1.54, 1.807) is 13.1 Å². The predicted octanol–water partition coefficient (Wildman–Crippen LogP) is 1.88. The van der Waals surface area contributed by atoms with Gasteiger partial charge in [-0.15, -0.1) is 0 Å². The van der Waals surface area contributed by atoms with Crippen molar-refractivity contribution < 1.29 is 9.53 Å². The average molecular weight is 410 g/mol. The molecule has 4 N–H and O–H groups in total. The number of hydrogen-bond acceptors (Lipinski definition) is 4. The van der Waals surface area contributed by atoms with Crippen molar-refractivity contribution in [3.8, 4) is 5.75 Å². The standard InChI is InChI=1S/C23H31N5O2/c1-25-23(26-14-19-9-5-11-21(13-19)30-17-22(24)29)27-15-20-10-6-12-28(20)16-18-7-3-2-4-8-18/h2-5,7-9,11,13,20H,6,10,12,14-17H2,1H3,(H2,24,29)(H2,25,26,27). The van der Waals surface area contributed by atoms with Gasteiger partial charge in [-0.2, -0.15) is 0 Å². The second-order valence-electron chi connectivity index (χ2n) is 7.46. The minimum atomic E-state index is -0.489. The number of hydrogen-bond donors (Lipinski definition) is 3. The number of nitrogens with one attached hydrogen (secondary N) is 2. The fraction of sp³-hybridized carbons (Fsp3) is 0.391. The second-order valence-corrected chi connectivity index (χ2v) is 7.46. The number of aliphatic imine (C=N–C) groups is 1. The van der Waals surface area contributed by atoms with E-state index in [4.69, 9.17) is 10.5 Å². The van der Waals surface area contributed by atoms with Gasteiger partial charge in [0.05, 0.1) is 0 Å². The highest BCUT2D eigenvalue weighted by Crippen LogP contribution is 2.19. The first kappa shape index (κ1) is 21.6. The van der Waals surface area contributed by atoms with E-state index < -0.39 is 5.91 Å². The van der Waals surface area contributed by atoms with Gasteiger partial charge in [0.1, 0.15) is 5.75 Å². The van der Waals surface area contributed by atoms with Crippen LogP contribution < -0.4 is 21.1 Å². The van der Waals surface area contributed by atoms with Gasteiger partial charge in [-0.1, -0.05) is 42.5 Å². The number of carbonyl (C=O) groups excluding carboxylic acids is 1. The maximum absolute atomic E-state index is 10.9. The number of benzene rings is 2. The lowest BCUT2D eigenvalue weighted by Gasteiger charge is -2.25. The summed E-state index contributed by atoms with van der Waals surface area (Å²) in [5.41, 5.74) is 7.51. The smallest absolute Gasteiger partial charge is 0.255 e. The molecule has 30 heavy (non-hydrogen) atoms. The van der Waals surface area contributed by atoms with Gasteiger partial charge in [0.25, 0.3) is 5.91 Å². The van der Waals surface area contributed by atoms with Crippen molar-refractivity contribution in [1.29, 1.82) is 0 Å². The van der Waals surface area contributed by atoms with Crippen LogP contribution in [0.5, 0.6) is 5.75 Å². The van der Waals surface area contributed by atoms with E-state index in [2.05, 4.69) is 50.9 Å². The molecule has 0 saturated carbocycles. The Labute approximate surface area is 178 Å². The number of amides is 1. The van der Waals surface area contributed by atoms with Crippen LogP contribution in [0.2, 0.25) is 0 Å². The van der Waals surface area contributed by atoms with Crippen molar-refractivity contribution in [3.63, 3.8) is 0 Å². The lowest BCUT2D eigenvalue weighted by atomic mass is 10.2. The molecule has 160 valence electrons. The van der Waals surface area contributed by atoms with Crippen LogP contribution in [0.15, 0.2) is 59.6 Å². The molecular weight excluding hydrogens is 378 g/mol. The molecule has 0 bridgehead atoms. The number of primary amides is 1. The highest BCUT2D eigenvalue weighted by Gasteiger charge is 2.24. The summed E-state index contributed by atoms with van der Waals surface area (Å²) in [4.78, 5) is 17.8. The Morgan fingerprint density at radius 3 is 2.73 bits per heavy atom. The van der Waals surface area contributed by atoms with Crippen LogP contribution in [0.25, 0.3) is 0 Å². The Hall–Kier alpha value is -3.06. The van der Waals surface area contributed by atoms with E-state index in [9.17, 15) is 4.79 Å². The first-order valence-electron chi connectivity index (χ1n) is 10.4. The molecule has 2 aromatic rings. The number of nitrogens with two attached hydrogens (primary N) is 1. The Kier molecular flexibility index (Phi) is 8.09. The summed E-state index contributed by atoms with van der Waals surface area (Å²) in [6.45, 7) is 3.45. The van der Waals surface area contributed by atoms with Gasteiger partial charge >= 0.3 is 0 Å².